The summed E-state index contributed by atoms with van der Waals surface area (Å²) in [6, 6.07) is 0. The molecule has 8 nitrogen and oxygen atoms in total. The summed E-state index contributed by atoms with van der Waals surface area (Å²) in [5.74, 6) is 0.591. The van der Waals surface area contributed by atoms with Crippen LogP contribution in [0.5, 0.6) is 0 Å². The Balaban J connectivity index is 4.37. The summed E-state index contributed by atoms with van der Waals surface area (Å²) >= 11 is 0. The summed E-state index contributed by atoms with van der Waals surface area (Å²) in [5, 5.41) is 0. The minimum Gasteiger partial charge on any atom is -0.466 e. The van der Waals surface area contributed by atoms with Gasteiger partial charge in [-0.15, -0.1) is 0 Å². The van der Waals surface area contributed by atoms with Gasteiger partial charge in [-0.2, -0.15) is 0 Å². The molecule has 0 fully saturated rings. The van der Waals surface area contributed by atoms with Crippen molar-refractivity contribution in [3.05, 3.63) is 0 Å². The molecule has 0 saturated heterocycles. The molecule has 0 atom stereocenters. The van der Waals surface area contributed by atoms with Crippen LogP contribution in [0.25, 0.3) is 0 Å². The van der Waals surface area contributed by atoms with E-state index in [2.05, 4.69) is 30.7 Å². The van der Waals surface area contributed by atoms with Crippen LogP contribution in [0.4, 0.5) is 0 Å². The molecule has 0 aromatic carbocycles. The average molecular weight is 793 g/mol. The van der Waals surface area contributed by atoms with Gasteiger partial charge in [0, 0.05) is 33.5 Å². The van der Waals surface area contributed by atoms with Crippen molar-refractivity contribution in [3.63, 3.8) is 0 Å². The largest absolute Gasteiger partial charge is 0.466 e. The Morgan fingerprint density at radius 3 is 1.38 bits per heavy atom. The molecule has 0 aliphatic heterocycles. The molecule has 0 rings (SSSR count). The third-order valence-corrected chi connectivity index (χ3v) is 11.1. The summed E-state index contributed by atoms with van der Waals surface area (Å²) in [4.78, 5) is 33.9. The second kappa shape index (κ2) is 42.8. The highest BCUT2D eigenvalue weighted by atomic mass is 16.5. The lowest BCUT2D eigenvalue weighted by Gasteiger charge is -2.22. The van der Waals surface area contributed by atoms with Gasteiger partial charge in [-0.3, -0.25) is 14.6 Å². The first-order chi connectivity index (χ1) is 27.3. The first kappa shape index (κ1) is 54.2. The molecular weight excluding hydrogens is 697 g/mol. The number of hydrogen-bond acceptors (Lipinski definition) is 6. The van der Waals surface area contributed by atoms with Crippen LogP contribution in [-0.4, -0.2) is 80.7 Å². The van der Waals surface area contributed by atoms with Crippen molar-refractivity contribution in [2.75, 3.05) is 46.9 Å². The van der Waals surface area contributed by atoms with E-state index in [-0.39, 0.29) is 18.0 Å². The van der Waals surface area contributed by atoms with E-state index in [0.29, 0.717) is 25.4 Å². The number of unbranched alkanes of at least 4 members (excludes halogenated alkanes) is 24. The highest BCUT2D eigenvalue weighted by Crippen LogP contribution is 2.19. The van der Waals surface area contributed by atoms with Gasteiger partial charge < -0.3 is 25.0 Å². The number of nitrogens with two attached hydrogens (primary N) is 1. The minimum atomic E-state index is -0.0223. The van der Waals surface area contributed by atoms with E-state index in [1.165, 1.54) is 154 Å². The zero-order chi connectivity index (χ0) is 41.2. The van der Waals surface area contributed by atoms with Crippen LogP contribution in [0.2, 0.25) is 0 Å². The molecular formula is C48H96N4O4. The fourth-order valence-corrected chi connectivity index (χ4v) is 7.36. The molecule has 332 valence electrons. The highest BCUT2D eigenvalue weighted by molar-refractivity contribution is 5.77. The smallest absolute Gasteiger partial charge is 0.306 e. The van der Waals surface area contributed by atoms with Gasteiger partial charge in [0.25, 0.3) is 0 Å². The topological polar surface area (TPSA) is 97.5 Å². The predicted octanol–water partition coefficient (Wildman–Crippen LogP) is 12.9. The lowest BCUT2D eigenvalue weighted by atomic mass is 10.0. The van der Waals surface area contributed by atoms with Gasteiger partial charge in [-0.25, -0.2) is 0 Å². The Kier molecular flexibility index (Phi) is 41.4. The minimum absolute atomic E-state index is 0.0223. The molecule has 0 aromatic rings. The molecule has 0 amide bonds. The van der Waals surface area contributed by atoms with Crippen LogP contribution >= 0.6 is 0 Å². The van der Waals surface area contributed by atoms with Crippen LogP contribution in [-0.2, 0) is 19.1 Å². The van der Waals surface area contributed by atoms with E-state index in [4.69, 9.17) is 15.2 Å². The standard InChI is InChI=1S/C48H96N4O4/c1-6-9-12-15-18-27-34-44-55-46(53)38-30-23-19-25-32-41-52(43-35-40-50-48(49)51(4)5)42-33-26-20-24-31-39-47(54)56-45(36-28-21-16-13-10-7-2)37-29-22-17-14-11-8-3/h45H,6-44H2,1-5H3,(H2,49,50). The van der Waals surface area contributed by atoms with Crippen molar-refractivity contribution in [1.82, 2.24) is 9.80 Å². The van der Waals surface area contributed by atoms with Crippen LogP contribution < -0.4 is 5.73 Å². The molecule has 0 aliphatic carbocycles. The molecule has 0 unspecified atom stereocenters. The number of carbonyl (C=O) groups excluding carboxylic acids is 2. The molecule has 0 bridgehead atoms. The van der Waals surface area contributed by atoms with E-state index >= 15 is 0 Å². The predicted molar refractivity (Wildman–Crippen MR) is 241 cm³/mol. The van der Waals surface area contributed by atoms with Gasteiger partial charge >= 0.3 is 11.9 Å². The van der Waals surface area contributed by atoms with Crippen LogP contribution in [0.1, 0.15) is 239 Å². The fraction of sp³-hybridized carbons (Fsp3) is 0.938. The van der Waals surface area contributed by atoms with E-state index in [9.17, 15) is 9.59 Å². The first-order valence-corrected chi connectivity index (χ1v) is 24.4. The highest BCUT2D eigenvalue weighted by Gasteiger charge is 2.14. The number of carbonyl (C=O) groups is 2. The third-order valence-electron chi connectivity index (χ3n) is 11.1. The van der Waals surface area contributed by atoms with E-state index in [1.54, 1.807) is 0 Å². The quantitative estimate of drug-likeness (QED) is 0.0284. The average Bonchev–Trinajstić information content (AvgIpc) is 3.18. The van der Waals surface area contributed by atoms with E-state index in [1.807, 2.05) is 19.0 Å². The number of rotatable bonds is 43. The van der Waals surface area contributed by atoms with Crippen molar-refractivity contribution < 1.29 is 19.1 Å². The van der Waals surface area contributed by atoms with E-state index < -0.39 is 0 Å². The Morgan fingerprint density at radius 2 is 0.893 bits per heavy atom. The summed E-state index contributed by atoms with van der Waals surface area (Å²) in [6.07, 6.45) is 39.6. The number of esters is 2. The van der Waals surface area contributed by atoms with Crippen molar-refractivity contribution in [1.29, 1.82) is 0 Å². The second-order valence-electron chi connectivity index (χ2n) is 16.9. The summed E-state index contributed by atoms with van der Waals surface area (Å²) < 4.78 is 11.5. The molecule has 0 aliphatic rings. The number of nitrogens with zero attached hydrogens (tertiary/aromatic N) is 3. The number of guanidine groups is 1. The summed E-state index contributed by atoms with van der Waals surface area (Å²) in [7, 11) is 3.86. The Hall–Kier alpha value is -1.83. The molecule has 0 heterocycles. The maximum atomic E-state index is 12.8. The Morgan fingerprint density at radius 1 is 0.500 bits per heavy atom. The molecule has 0 radical (unpaired) electrons. The summed E-state index contributed by atoms with van der Waals surface area (Å²) in [6.45, 7) is 11.4. The number of hydrogen-bond donors (Lipinski definition) is 1. The zero-order valence-corrected chi connectivity index (χ0v) is 38.2. The molecule has 0 spiro atoms. The molecule has 8 heteroatoms. The molecule has 2 N–H and O–H groups in total. The van der Waals surface area contributed by atoms with Gasteiger partial charge in [-0.05, 0) is 83.8 Å². The van der Waals surface area contributed by atoms with Crippen molar-refractivity contribution in [3.8, 4) is 0 Å². The normalized spacial score (nSPS) is 11.9. The van der Waals surface area contributed by atoms with Gasteiger partial charge in [0.15, 0.2) is 5.96 Å². The lowest BCUT2D eigenvalue weighted by Crippen LogP contribution is -2.31. The van der Waals surface area contributed by atoms with Crippen molar-refractivity contribution >= 4 is 17.9 Å². The second-order valence-corrected chi connectivity index (χ2v) is 16.9. The maximum absolute atomic E-state index is 12.8. The lowest BCUT2D eigenvalue weighted by molar-refractivity contribution is -0.150. The van der Waals surface area contributed by atoms with Gasteiger partial charge in [-0.1, -0.05) is 162 Å². The summed E-state index contributed by atoms with van der Waals surface area (Å²) in [5.41, 5.74) is 6.01. The van der Waals surface area contributed by atoms with Gasteiger partial charge in [0.2, 0.25) is 0 Å². The van der Waals surface area contributed by atoms with Crippen LogP contribution in [0, 0.1) is 0 Å². The zero-order valence-electron chi connectivity index (χ0n) is 38.2. The van der Waals surface area contributed by atoms with Gasteiger partial charge in [0.05, 0.1) is 6.61 Å². The molecule has 0 aromatic heterocycles. The monoisotopic (exact) mass is 793 g/mol. The van der Waals surface area contributed by atoms with E-state index in [0.717, 1.165) is 77.5 Å². The molecule has 56 heavy (non-hydrogen) atoms. The van der Waals surface area contributed by atoms with Gasteiger partial charge in [0.1, 0.15) is 6.10 Å². The Bertz CT molecular complexity index is 867. The van der Waals surface area contributed by atoms with Crippen LogP contribution in [0.3, 0.4) is 0 Å². The van der Waals surface area contributed by atoms with Crippen LogP contribution in [0.15, 0.2) is 4.99 Å². The SMILES string of the molecule is CCCCCCCCCOC(=O)CCCCCCCN(CCCCCCCC(=O)OC(CCCCCCCC)CCCCCCCC)CCCN=C(N)N(C)C. The first-order valence-electron chi connectivity index (χ1n) is 24.4. The fourth-order valence-electron chi connectivity index (χ4n) is 7.36. The number of ether oxygens (including phenoxy) is 2. The third kappa shape index (κ3) is 39.0. The Labute approximate surface area is 348 Å². The van der Waals surface area contributed by atoms with Crippen molar-refractivity contribution in [2.24, 2.45) is 10.7 Å². The van der Waals surface area contributed by atoms with Crippen molar-refractivity contribution in [2.45, 2.75) is 245 Å². The maximum Gasteiger partial charge on any atom is 0.306 e. The number of aliphatic imine (C=N–C) groups is 1. The molecule has 0 saturated carbocycles.